The number of hydrogen-bond acceptors (Lipinski definition) is 7. The predicted octanol–water partition coefficient (Wildman–Crippen LogP) is 5.20. The maximum atomic E-state index is 13.3. The third-order valence-corrected chi connectivity index (χ3v) is 10.6. The van der Waals surface area contributed by atoms with Gasteiger partial charge in [-0.25, -0.2) is 0 Å². The zero-order chi connectivity index (χ0) is 28.4. The molecule has 2 aromatic rings. The van der Waals surface area contributed by atoms with Gasteiger partial charge in [0.05, 0.1) is 11.6 Å². The lowest BCUT2D eigenvalue weighted by Gasteiger charge is -2.44. The van der Waals surface area contributed by atoms with Gasteiger partial charge in [-0.3, -0.25) is 4.57 Å². The normalized spacial score (nSPS) is 20.2. The number of anilines is 2. The summed E-state index contributed by atoms with van der Waals surface area (Å²) in [6.45, 7) is 13.9. The van der Waals surface area contributed by atoms with Crippen molar-refractivity contribution >= 4 is 28.7 Å². The van der Waals surface area contributed by atoms with Gasteiger partial charge in [-0.2, -0.15) is 4.98 Å². The Morgan fingerprint density at radius 3 is 2.54 bits per heavy atom. The summed E-state index contributed by atoms with van der Waals surface area (Å²) in [5.41, 5.74) is 6.31. The molecule has 0 bridgehead atoms. The maximum Gasteiger partial charge on any atom is 0.209 e. The van der Waals surface area contributed by atoms with Crippen LogP contribution in [0.5, 0.6) is 0 Å². The van der Waals surface area contributed by atoms with Gasteiger partial charge >= 0.3 is 0 Å². The maximum absolute atomic E-state index is 13.3. The average Bonchev–Trinajstić information content (AvgIpc) is 3.69. The third kappa shape index (κ3) is 4.42. The second-order valence-corrected chi connectivity index (χ2v) is 14.6. The van der Waals surface area contributed by atoms with E-state index in [-0.39, 0.29) is 16.2 Å². The van der Waals surface area contributed by atoms with Crippen LogP contribution >= 0.6 is 0 Å². The summed E-state index contributed by atoms with van der Waals surface area (Å²) >= 11 is -1.15. The molecule has 1 saturated heterocycles. The molecule has 2 N–H and O–H groups in total. The molecule has 41 heavy (non-hydrogen) atoms. The van der Waals surface area contributed by atoms with Crippen LogP contribution in [-0.2, 0) is 24.3 Å². The average molecular weight is 568 g/mol. The van der Waals surface area contributed by atoms with E-state index in [9.17, 15) is 4.55 Å². The van der Waals surface area contributed by atoms with Crippen molar-refractivity contribution in [2.24, 2.45) is 5.41 Å². The number of nitrogens with zero attached hydrogens (tertiary/aromatic N) is 5. The number of fused-ring (bicyclic) bond motifs is 4. The van der Waals surface area contributed by atoms with Crippen molar-refractivity contribution in [1.29, 1.82) is 0 Å². The van der Waals surface area contributed by atoms with Gasteiger partial charge in [0.25, 0.3) is 0 Å². The number of nitrogens with one attached hydrogen (secondary N) is 2. The summed E-state index contributed by atoms with van der Waals surface area (Å²) in [5, 5.41) is 12.7. The number of piperidine rings is 1. The molecule has 2 atom stereocenters. The molecule has 1 unspecified atom stereocenters. The molecule has 0 saturated carbocycles. The Balaban J connectivity index is 1.19. The van der Waals surface area contributed by atoms with E-state index in [2.05, 4.69) is 72.7 Å². The largest absolute Gasteiger partial charge is 0.598 e. The van der Waals surface area contributed by atoms with E-state index in [4.69, 9.17) is 4.98 Å². The van der Waals surface area contributed by atoms with Crippen LogP contribution in [0.4, 0.5) is 11.8 Å². The molecule has 0 aromatic heterocycles. The monoisotopic (exact) mass is 567 g/mol. The Labute approximate surface area is 244 Å². The Morgan fingerprint density at radius 1 is 1.05 bits per heavy atom. The highest BCUT2D eigenvalue weighted by atomic mass is 32.2. The molecule has 5 aliphatic rings. The van der Waals surface area contributed by atoms with Crippen LogP contribution in [0.25, 0.3) is 17.0 Å². The molecular weight excluding hydrogens is 530 g/mol. The minimum Gasteiger partial charge on any atom is -0.598 e. The molecule has 2 aromatic carbocycles. The summed E-state index contributed by atoms with van der Waals surface area (Å²) in [6, 6.07) is 18.9. The number of aromatic nitrogens is 4. The van der Waals surface area contributed by atoms with E-state index in [1.807, 2.05) is 39.0 Å². The summed E-state index contributed by atoms with van der Waals surface area (Å²) in [6.07, 6.45) is 2.99. The van der Waals surface area contributed by atoms with Crippen molar-refractivity contribution in [2.75, 3.05) is 29.9 Å². The molecule has 212 valence electrons. The number of hydrogen-bond donors (Lipinski definition) is 2. The van der Waals surface area contributed by atoms with Crippen LogP contribution in [0, 0.1) is 5.41 Å². The molecule has 9 heteroatoms. The fourth-order valence-corrected chi connectivity index (χ4v) is 7.72. The van der Waals surface area contributed by atoms with Gasteiger partial charge in [-0.15, -0.1) is 14.9 Å². The topological polar surface area (TPSA) is 94.0 Å². The first kappa shape index (κ1) is 26.5. The highest BCUT2D eigenvalue weighted by molar-refractivity contribution is 7.90. The summed E-state index contributed by atoms with van der Waals surface area (Å²) in [4.78, 5) is 7.50. The fraction of sp³-hybridized carbons (Fsp3) is 0.406. The molecule has 0 amide bonds. The molecule has 0 radical (unpaired) electrons. The first-order valence-electron chi connectivity index (χ1n) is 14.5. The van der Waals surface area contributed by atoms with E-state index in [1.54, 1.807) is 0 Å². The highest BCUT2D eigenvalue weighted by Gasteiger charge is 2.50. The van der Waals surface area contributed by atoms with Crippen LogP contribution in [0.3, 0.4) is 0 Å². The fourth-order valence-electron chi connectivity index (χ4n) is 6.78. The first-order valence-corrected chi connectivity index (χ1v) is 15.7. The van der Waals surface area contributed by atoms with Crippen molar-refractivity contribution in [3.05, 3.63) is 83.6 Å². The van der Waals surface area contributed by atoms with Crippen LogP contribution in [0.15, 0.2) is 61.2 Å². The van der Waals surface area contributed by atoms with Gasteiger partial charge < -0.3 is 14.8 Å². The van der Waals surface area contributed by atoms with E-state index < -0.39 is 11.4 Å². The van der Waals surface area contributed by atoms with Crippen molar-refractivity contribution in [1.82, 2.24) is 24.5 Å². The number of rotatable bonds is 5. The summed E-state index contributed by atoms with van der Waals surface area (Å²) in [7, 11) is 0. The molecule has 1 aliphatic carbocycles. The van der Waals surface area contributed by atoms with Gasteiger partial charge in [-0.1, -0.05) is 61.2 Å². The lowest BCUT2D eigenvalue weighted by Crippen LogP contribution is -2.50. The van der Waals surface area contributed by atoms with Crippen molar-refractivity contribution in [2.45, 2.75) is 57.4 Å². The lowest BCUT2D eigenvalue weighted by molar-refractivity contribution is 0.175. The van der Waals surface area contributed by atoms with E-state index in [1.165, 1.54) is 11.1 Å². The van der Waals surface area contributed by atoms with Crippen LogP contribution in [-0.4, -0.2) is 48.7 Å². The Kier molecular flexibility index (Phi) is 6.37. The predicted molar refractivity (Wildman–Crippen MR) is 165 cm³/mol. The summed E-state index contributed by atoms with van der Waals surface area (Å²) in [5.74, 6) is 2.62. The van der Waals surface area contributed by atoms with Crippen molar-refractivity contribution < 1.29 is 4.55 Å². The van der Waals surface area contributed by atoms with Gasteiger partial charge in [0, 0.05) is 48.5 Å². The second-order valence-electron chi connectivity index (χ2n) is 12.6. The number of benzene rings is 2. The van der Waals surface area contributed by atoms with E-state index in [0.29, 0.717) is 5.82 Å². The van der Waals surface area contributed by atoms with Gasteiger partial charge in [0.1, 0.15) is 16.3 Å². The second kappa shape index (κ2) is 9.86. The SMILES string of the molecule is C=C(c1ccccc1)c1nnc2nc(N3CCC4(CC3)Cc3ccccc3[C@H]4N[S+]([O-])C(C)(C)C)n3c(c1-2)NCC3. The minimum atomic E-state index is -1.15. The van der Waals surface area contributed by atoms with Crippen LogP contribution in [0.1, 0.15) is 62.0 Å². The van der Waals surface area contributed by atoms with Crippen molar-refractivity contribution in [3.63, 3.8) is 0 Å². The molecule has 1 spiro atoms. The molecule has 4 aliphatic heterocycles. The zero-order valence-corrected chi connectivity index (χ0v) is 24.8. The zero-order valence-electron chi connectivity index (χ0n) is 24.0. The lowest BCUT2D eigenvalue weighted by atomic mass is 9.73. The molecule has 8 nitrogen and oxygen atoms in total. The Morgan fingerprint density at radius 2 is 1.78 bits per heavy atom. The Hall–Kier alpha value is -3.40. The van der Waals surface area contributed by atoms with Crippen molar-refractivity contribution in [3.8, 4) is 11.4 Å². The molecule has 4 heterocycles. The highest BCUT2D eigenvalue weighted by Crippen LogP contribution is 2.53. The van der Waals surface area contributed by atoms with E-state index in [0.717, 1.165) is 79.6 Å². The van der Waals surface area contributed by atoms with Gasteiger partial charge in [0.15, 0.2) is 5.82 Å². The van der Waals surface area contributed by atoms with E-state index >= 15 is 0 Å². The quantitative estimate of drug-likeness (QED) is 0.320. The first-order chi connectivity index (χ1) is 19.7. The minimum absolute atomic E-state index is 0.0258. The van der Waals surface area contributed by atoms with Gasteiger partial charge in [0.2, 0.25) is 5.95 Å². The van der Waals surface area contributed by atoms with Crippen LogP contribution < -0.4 is 14.9 Å². The van der Waals surface area contributed by atoms with Crippen LogP contribution in [0.2, 0.25) is 0 Å². The Bertz CT molecular complexity index is 1570. The summed E-state index contributed by atoms with van der Waals surface area (Å²) < 4.78 is 18.8. The smallest absolute Gasteiger partial charge is 0.209 e. The standard InChI is InChI=1S/C32H37N7OS/c1-21(22-10-6-5-7-11-22)26-25-28(36-35-26)34-30(39-19-16-33-29(25)39)38-17-14-32(15-18-38)20-23-12-8-9-13-24(23)27(32)37-41(40)31(2,3)4/h5-13,27,33,37H,1,14-20H2,2-4H3/t27-,41?/m1/s1. The molecule has 1 fully saturated rings. The molecular formula is C32H37N7OS. The molecule has 7 rings (SSSR count). The third-order valence-electron chi connectivity index (χ3n) is 9.04. The van der Waals surface area contributed by atoms with Gasteiger partial charge in [-0.05, 0) is 56.7 Å².